The second kappa shape index (κ2) is 7.79. The van der Waals surface area contributed by atoms with Crippen LogP contribution in [0.1, 0.15) is 0 Å². The number of nitrogens with one attached hydrogen (secondary N) is 6. The molecule has 0 aliphatic carbocycles. The molecule has 0 radical (unpaired) electrons. The van der Waals surface area contributed by atoms with E-state index in [4.69, 9.17) is 18.1 Å². The zero-order valence-corrected chi connectivity index (χ0v) is 19.9. The van der Waals surface area contributed by atoms with E-state index in [-0.39, 0.29) is 0 Å². The quantitative estimate of drug-likeness (QED) is 0.247. The smallest absolute Gasteiger partial charge is 0.218 e. The first-order valence-electron chi connectivity index (χ1n) is 8.61. The highest BCUT2D eigenvalue weighted by Gasteiger charge is 2.45. The van der Waals surface area contributed by atoms with E-state index < -0.39 is 30.0 Å². The summed E-state index contributed by atoms with van der Waals surface area (Å²) in [5.41, 5.74) is 0. The van der Waals surface area contributed by atoms with Gasteiger partial charge in [0.1, 0.15) is 0 Å². The van der Waals surface area contributed by atoms with Crippen LogP contribution in [0, 0.1) is 0 Å². The van der Waals surface area contributed by atoms with E-state index >= 15 is 0 Å². The van der Waals surface area contributed by atoms with Gasteiger partial charge in [0.25, 0.3) is 0 Å². The van der Waals surface area contributed by atoms with E-state index in [1.165, 1.54) is 0 Å². The van der Waals surface area contributed by atoms with Crippen molar-refractivity contribution in [1.29, 1.82) is 0 Å². The minimum absolute atomic E-state index is 0.997. The van der Waals surface area contributed by atoms with E-state index in [2.05, 4.69) is 39.9 Å². The normalized spacial score (nSPS) is 35.9. The fraction of sp³-hybridized carbons (Fsp3) is 1.00. The van der Waals surface area contributed by atoms with Gasteiger partial charge in [-0.05, 0) is 42.3 Å². The zero-order valence-electron chi connectivity index (χ0n) is 16.3. The van der Waals surface area contributed by atoms with Crippen LogP contribution in [0.5, 0.6) is 0 Å². The number of rotatable bonds is 8. The third-order valence-corrected chi connectivity index (χ3v) is 18.7. The fourth-order valence-electron chi connectivity index (χ4n) is 2.71. The third kappa shape index (κ3) is 3.73. The molecule has 16 heteroatoms. The van der Waals surface area contributed by atoms with Crippen LogP contribution in [0.3, 0.4) is 0 Å². The monoisotopic (exact) mass is 444 g/mol. The summed E-state index contributed by atoms with van der Waals surface area (Å²) in [6.45, 7) is 3.99. The van der Waals surface area contributed by atoms with Crippen LogP contribution in [-0.2, 0) is 0 Å². The minimum Gasteiger partial charge on any atom is -0.257 e. The molecule has 3 heterocycles. The number of nitrogens with zero attached hydrogens (tertiary/aromatic N) is 6. The summed E-state index contributed by atoms with van der Waals surface area (Å²) in [6, 6.07) is 0. The van der Waals surface area contributed by atoms with Gasteiger partial charge in [0.05, 0.1) is 0 Å². The second-order valence-corrected chi connectivity index (χ2v) is 17.3. The van der Waals surface area contributed by atoms with Crippen LogP contribution in [0.15, 0.2) is 18.1 Å². The minimum atomic E-state index is -2.40. The maximum atomic E-state index is 5.40. The van der Waals surface area contributed by atoms with Crippen molar-refractivity contribution >= 4 is 30.0 Å². The van der Waals surface area contributed by atoms with Gasteiger partial charge in [-0.3, -0.25) is 30.5 Å². The predicted molar refractivity (Wildman–Crippen MR) is 115 cm³/mol. The molecule has 2 fully saturated rings. The van der Waals surface area contributed by atoms with E-state index in [1.807, 2.05) is 42.3 Å². The van der Waals surface area contributed by atoms with Gasteiger partial charge >= 0.3 is 0 Å². The topological polar surface area (TPSA) is 128 Å². The van der Waals surface area contributed by atoms with Crippen LogP contribution < -0.4 is 30.5 Å². The first-order chi connectivity index (χ1) is 12.4. The van der Waals surface area contributed by atoms with E-state index in [1.54, 1.807) is 0 Å². The largest absolute Gasteiger partial charge is 0.257 e. The highest BCUT2D eigenvalue weighted by Crippen LogP contribution is 2.76. The molecule has 3 aliphatic heterocycles. The average molecular weight is 444 g/mol. The van der Waals surface area contributed by atoms with E-state index in [9.17, 15) is 0 Å². The summed E-state index contributed by atoms with van der Waals surface area (Å²) in [6.07, 6.45) is 0. The molecular weight excluding hydrogens is 412 g/mol. The van der Waals surface area contributed by atoms with Crippen molar-refractivity contribution < 1.29 is 0 Å². The van der Waals surface area contributed by atoms with Gasteiger partial charge in [-0.25, -0.2) is 9.34 Å². The van der Waals surface area contributed by atoms with Crippen LogP contribution >= 0.6 is 30.0 Å². The van der Waals surface area contributed by atoms with Gasteiger partial charge in [-0.2, -0.15) is 18.1 Å². The molecule has 6 N–H and O–H groups in total. The van der Waals surface area contributed by atoms with Crippen molar-refractivity contribution in [1.82, 2.24) is 39.9 Å². The lowest BCUT2D eigenvalue weighted by Gasteiger charge is -2.35. The molecule has 0 aromatic carbocycles. The molecule has 0 saturated carbocycles. The van der Waals surface area contributed by atoms with Gasteiger partial charge in [-0.1, -0.05) is 0 Å². The average Bonchev–Trinajstić information content (AvgIpc) is 3.54. The molecule has 0 spiro atoms. The lowest BCUT2D eigenvalue weighted by atomic mass is 11.0. The molecule has 2 saturated heterocycles. The Morgan fingerprint density at radius 1 is 0.500 bits per heavy atom. The molecule has 26 heavy (non-hydrogen) atoms. The maximum absolute atomic E-state index is 5.40. The maximum Gasteiger partial charge on any atom is 0.218 e. The van der Waals surface area contributed by atoms with Crippen molar-refractivity contribution in [3.05, 3.63) is 0 Å². The lowest BCUT2D eigenvalue weighted by molar-refractivity contribution is 0.851. The Bertz CT molecular complexity index is 719. The van der Waals surface area contributed by atoms with Gasteiger partial charge in [0.2, 0.25) is 30.0 Å². The zero-order chi connectivity index (χ0) is 19.1. The van der Waals surface area contributed by atoms with Crippen LogP contribution in [0.2, 0.25) is 0 Å². The Balaban J connectivity index is 2.40. The van der Waals surface area contributed by atoms with Crippen molar-refractivity contribution in [2.24, 2.45) is 18.1 Å². The van der Waals surface area contributed by atoms with Crippen molar-refractivity contribution in [2.45, 2.75) is 0 Å². The van der Waals surface area contributed by atoms with Crippen LogP contribution in [-0.4, -0.2) is 77.8 Å². The Kier molecular flexibility index (Phi) is 6.38. The summed E-state index contributed by atoms with van der Waals surface area (Å²) in [4.78, 5) is 0. The molecule has 12 nitrogen and oxygen atoms in total. The fourth-order valence-corrected chi connectivity index (χ4v) is 18.8. The van der Waals surface area contributed by atoms with Crippen molar-refractivity contribution in [3.8, 4) is 0 Å². The first kappa shape index (κ1) is 21.3. The summed E-state index contributed by atoms with van der Waals surface area (Å²) >= 11 is 0. The van der Waals surface area contributed by atoms with Gasteiger partial charge in [-0.15, -0.1) is 0 Å². The summed E-state index contributed by atoms with van der Waals surface area (Å²) < 4.78 is 25.8. The summed E-state index contributed by atoms with van der Waals surface area (Å²) in [7, 11) is 2.07. The molecule has 3 aliphatic rings. The molecule has 3 rings (SSSR count). The Hall–Kier alpha value is 0.600. The molecule has 0 aromatic heterocycles. The summed E-state index contributed by atoms with van der Waals surface area (Å²) in [5, 5.41) is 20.4. The van der Waals surface area contributed by atoms with E-state index in [0.717, 1.165) is 26.2 Å². The lowest BCUT2D eigenvalue weighted by Crippen LogP contribution is -2.23. The SMILES string of the molecule is CNP1(NC)=NP(NC)(NC)=N[P@](NC)(N2CC2)=N[P@@](NC)(N2CC2)=N1. The molecule has 152 valence electrons. The Labute approximate surface area is 156 Å². The van der Waals surface area contributed by atoms with Gasteiger partial charge in [0.15, 0.2) is 0 Å². The molecule has 0 bridgehead atoms. The summed E-state index contributed by atoms with van der Waals surface area (Å²) in [5.74, 6) is 0. The third-order valence-electron chi connectivity index (χ3n) is 4.50. The Morgan fingerprint density at radius 3 is 1.23 bits per heavy atom. The highest BCUT2D eigenvalue weighted by atomic mass is 31.3. The van der Waals surface area contributed by atoms with Crippen molar-refractivity contribution in [3.63, 3.8) is 0 Å². The first-order valence-corrected chi connectivity index (χ1v) is 15.3. The van der Waals surface area contributed by atoms with Crippen molar-refractivity contribution in [2.75, 3.05) is 68.5 Å². The van der Waals surface area contributed by atoms with Crippen LogP contribution in [0.25, 0.3) is 0 Å². The molecular formula is C10H32N12P4. The standard InChI is InChI=1S/C10H32N12P4/c1-11-23(12-2)17-24(13-3,14-4)19-26(16-6,22-9-10-22)20-25(15-5,18-23)21-7-8-21/h11-16H,7-10H2,1-6H3/t25-,26-/m0/s1. The Morgan fingerprint density at radius 2 is 0.885 bits per heavy atom. The van der Waals surface area contributed by atoms with E-state index in [0.29, 0.717) is 0 Å². The second-order valence-electron chi connectivity index (χ2n) is 5.95. The molecule has 2 atom stereocenters. The van der Waals surface area contributed by atoms with Gasteiger partial charge < -0.3 is 0 Å². The molecule has 0 aromatic rings. The van der Waals surface area contributed by atoms with Gasteiger partial charge in [0, 0.05) is 26.2 Å². The predicted octanol–water partition coefficient (Wildman–Crippen LogP) is 1.73. The number of hydrogen-bond donors (Lipinski definition) is 6. The highest BCUT2D eigenvalue weighted by molar-refractivity contribution is 7.83. The molecule has 0 amide bonds. The van der Waals surface area contributed by atoms with Crippen LogP contribution in [0.4, 0.5) is 0 Å². The number of hydrogen-bond acceptors (Lipinski definition) is 12. The molecule has 0 unspecified atom stereocenters.